The van der Waals surface area contributed by atoms with Gasteiger partial charge in [-0.25, -0.2) is 9.78 Å². The van der Waals surface area contributed by atoms with Gasteiger partial charge in [0.25, 0.3) is 0 Å². The van der Waals surface area contributed by atoms with Crippen molar-refractivity contribution in [1.82, 2.24) is 4.98 Å². The van der Waals surface area contributed by atoms with Crippen LogP contribution in [0.2, 0.25) is 0 Å². The summed E-state index contributed by atoms with van der Waals surface area (Å²) in [5, 5.41) is 12.8. The molecule has 0 radical (unpaired) electrons. The molecular formula is C13H10BrFN2O3. The van der Waals surface area contributed by atoms with Gasteiger partial charge in [-0.05, 0) is 35.0 Å². The van der Waals surface area contributed by atoms with E-state index in [1.165, 1.54) is 12.1 Å². The number of aromatic carboxylic acids is 1. The zero-order chi connectivity index (χ0) is 14.4. The van der Waals surface area contributed by atoms with E-state index in [0.29, 0.717) is 23.1 Å². The average Bonchev–Trinajstić information content (AvgIpc) is 2.56. The first-order chi connectivity index (χ1) is 9.49. The predicted molar refractivity (Wildman–Crippen MR) is 74.9 cm³/mol. The van der Waals surface area contributed by atoms with Crippen LogP contribution in [0.3, 0.4) is 0 Å². The van der Waals surface area contributed by atoms with Gasteiger partial charge in [0.15, 0.2) is 0 Å². The van der Waals surface area contributed by atoms with Crippen LogP contribution in [0.25, 0.3) is 10.9 Å². The number of carboxylic acids is 1. The number of rotatable bonds is 1. The topological polar surface area (TPSA) is 71.5 Å². The van der Waals surface area contributed by atoms with Crippen molar-refractivity contribution in [3.8, 4) is 5.75 Å². The van der Waals surface area contributed by atoms with Crippen LogP contribution in [0.15, 0.2) is 16.6 Å². The van der Waals surface area contributed by atoms with Crippen LogP contribution >= 0.6 is 15.9 Å². The Kier molecular flexibility index (Phi) is 3.01. The Labute approximate surface area is 121 Å². The van der Waals surface area contributed by atoms with Crippen LogP contribution in [0.5, 0.6) is 5.75 Å². The van der Waals surface area contributed by atoms with Crippen LogP contribution in [-0.2, 0) is 0 Å². The summed E-state index contributed by atoms with van der Waals surface area (Å²) >= 11 is 3.14. The smallest absolute Gasteiger partial charge is 0.339 e. The summed E-state index contributed by atoms with van der Waals surface area (Å²) in [7, 11) is 0. The van der Waals surface area contributed by atoms with Gasteiger partial charge >= 0.3 is 5.97 Å². The lowest BCUT2D eigenvalue weighted by molar-refractivity contribution is 0.0691. The van der Waals surface area contributed by atoms with Crippen molar-refractivity contribution in [2.24, 2.45) is 0 Å². The fourth-order valence-electron chi connectivity index (χ4n) is 2.22. The van der Waals surface area contributed by atoms with Crippen molar-refractivity contribution in [3.63, 3.8) is 0 Å². The van der Waals surface area contributed by atoms with E-state index in [4.69, 9.17) is 4.74 Å². The summed E-state index contributed by atoms with van der Waals surface area (Å²) in [6.07, 6.45) is -0.249. The van der Waals surface area contributed by atoms with Crippen LogP contribution in [0.4, 0.5) is 10.1 Å². The van der Waals surface area contributed by atoms with Gasteiger partial charge in [0.05, 0.1) is 27.6 Å². The highest BCUT2D eigenvalue weighted by atomic mass is 79.9. The van der Waals surface area contributed by atoms with E-state index in [1.54, 1.807) is 6.92 Å². The summed E-state index contributed by atoms with van der Waals surface area (Å²) in [6.45, 7) is 2.24. The second-order valence-corrected chi connectivity index (χ2v) is 5.34. The van der Waals surface area contributed by atoms with Crippen molar-refractivity contribution in [2.75, 3.05) is 11.9 Å². The Balaban J connectivity index is 2.45. The van der Waals surface area contributed by atoms with E-state index in [1.807, 2.05) is 0 Å². The first-order valence-electron chi connectivity index (χ1n) is 5.94. The third kappa shape index (κ3) is 1.89. The van der Waals surface area contributed by atoms with Gasteiger partial charge in [-0.3, -0.25) is 0 Å². The van der Waals surface area contributed by atoms with E-state index in [0.717, 1.165) is 0 Å². The molecule has 1 aromatic heterocycles. The second kappa shape index (κ2) is 4.59. The Morgan fingerprint density at radius 3 is 3.05 bits per heavy atom. The lowest BCUT2D eigenvalue weighted by atomic mass is 10.1. The number of nitrogens with zero attached hydrogens (tertiary/aromatic N) is 1. The number of carboxylic acid groups (broad SMARTS) is 1. The molecule has 5 nitrogen and oxygen atoms in total. The highest BCUT2D eigenvalue weighted by molar-refractivity contribution is 9.10. The van der Waals surface area contributed by atoms with E-state index in [-0.39, 0.29) is 21.9 Å². The summed E-state index contributed by atoms with van der Waals surface area (Å²) in [5.74, 6) is -1.53. The molecule has 0 aliphatic carbocycles. The third-order valence-electron chi connectivity index (χ3n) is 3.12. The summed E-state index contributed by atoms with van der Waals surface area (Å²) < 4.78 is 19.6. The van der Waals surface area contributed by atoms with Gasteiger partial charge < -0.3 is 15.2 Å². The SMILES string of the molecule is C[C@H]1CNc2c(Br)c(F)nc3ccc(C(=O)O)c(c23)O1. The lowest BCUT2D eigenvalue weighted by Crippen LogP contribution is -2.21. The van der Waals surface area contributed by atoms with Gasteiger partial charge in [-0.15, -0.1) is 0 Å². The molecular weight excluding hydrogens is 331 g/mol. The van der Waals surface area contributed by atoms with E-state index in [9.17, 15) is 14.3 Å². The zero-order valence-corrected chi connectivity index (χ0v) is 12.0. The van der Waals surface area contributed by atoms with Crippen molar-refractivity contribution in [3.05, 3.63) is 28.1 Å². The Morgan fingerprint density at radius 2 is 2.35 bits per heavy atom. The van der Waals surface area contributed by atoms with Crippen molar-refractivity contribution < 1.29 is 19.0 Å². The number of ether oxygens (including phenoxy) is 1. The highest BCUT2D eigenvalue weighted by Crippen LogP contribution is 2.41. The maximum absolute atomic E-state index is 13.8. The zero-order valence-electron chi connectivity index (χ0n) is 10.4. The Morgan fingerprint density at radius 1 is 1.60 bits per heavy atom. The fourth-order valence-corrected chi connectivity index (χ4v) is 2.65. The molecule has 7 heteroatoms. The van der Waals surface area contributed by atoms with E-state index >= 15 is 0 Å². The molecule has 1 atom stereocenters. The van der Waals surface area contributed by atoms with Crippen molar-refractivity contribution >= 4 is 38.5 Å². The number of pyridine rings is 1. The quantitative estimate of drug-likeness (QED) is 0.780. The number of anilines is 1. The van der Waals surface area contributed by atoms with Crippen LogP contribution in [0, 0.1) is 5.95 Å². The Hall–Kier alpha value is -1.89. The molecule has 3 rings (SSSR count). The molecule has 0 unspecified atom stereocenters. The molecule has 2 heterocycles. The van der Waals surface area contributed by atoms with E-state index < -0.39 is 11.9 Å². The maximum atomic E-state index is 13.8. The molecule has 2 N–H and O–H groups in total. The number of aromatic nitrogens is 1. The number of benzene rings is 1. The van der Waals surface area contributed by atoms with Crippen LogP contribution < -0.4 is 10.1 Å². The second-order valence-electron chi connectivity index (χ2n) is 4.54. The number of carbonyl (C=O) groups is 1. The van der Waals surface area contributed by atoms with Crippen molar-refractivity contribution in [2.45, 2.75) is 13.0 Å². The van der Waals surface area contributed by atoms with E-state index in [2.05, 4.69) is 26.2 Å². The standard InChI is InChI=1S/C13H10BrFN2O3/c1-5-4-16-10-8-7(17-12(15)9(10)14)3-2-6(13(18)19)11(8)20-5/h2-3,5,16H,4H2,1H3,(H,18,19)/t5-/m0/s1. The molecule has 0 fully saturated rings. The normalized spacial score (nSPS) is 17.2. The molecule has 104 valence electrons. The van der Waals surface area contributed by atoms with Gasteiger partial charge in [-0.2, -0.15) is 4.39 Å². The molecule has 0 spiro atoms. The highest BCUT2D eigenvalue weighted by Gasteiger charge is 2.25. The first-order valence-corrected chi connectivity index (χ1v) is 6.74. The first kappa shape index (κ1) is 13.1. The van der Waals surface area contributed by atoms with Crippen LogP contribution in [0.1, 0.15) is 17.3 Å². The molecule has 0 saturated heterocycles. The minimum Gasteiger partial charge on any atom is -0.487 e. The molecule has 1 aliphatic heterocycles. The van der Waals surface area contributed by atoms with Gasteiger partial charge in [0, 0.05) is 0 Å². The molecule has 1 aliphatic rings. The lowest BCUT2D eigenvalue weighted by Gasteiger charge is -2.14. The van der Waals surface area contributed by atoms with Gasteiger partial charge in [0.2, 0.25) is 5.95 Å². The molecule has 1 aromatic carbocycles. The molecule has 0 amide bonds. The fraction of sp³-hybridized carbons (Fsp3) is 0.231. The summed E-state index contributed by atoms with van der Waals surface area (Å²) in [4.78, 5) is 15.1. The van der Waals surface area contributed by atoms with Gasteiger partial charge in [0.1, 0.15) is 17.4 Å². The average molecular weight is 341 g/mol. The summed E-state index contributed by atoms with van der Waals surface area (Å²) in [5.41, 5.74) is 0.854. The number of hydrogen-bond donors (Lipinski definition) is 2. The Bertz CT molecular complexity index is 735. The number of hydrogen-bond acceptors (Lipinski definition) is 4. The number of nitrogens with one attached hydrogen (secondary N) is 1. The monoisotopic (exact) mass is 340 g/mol. The number of halogens is 2. The predicted octanol–water partition coefficient (Wildman–Crippen LogP) is 3.03. The largest absolute Gasteiger partial charge is 0.487 e. The van der Waals surface area contributed by atoms with Crippen molar-refractivity contribution in [1.29, 1.82) is 0 Å². The molecule has 2 aromatic rings. The van der Waals surface area contributed by atoms with Gasteiger partial charge in [-0.1, -0.05) is 0 Å². The molecule has 20 heavy (non-hydrogen) atoms. The van der Waals surface area contributed by atoms with Crippen LogP contribution in [-0.4, -0.2) is 28.7 Å². The minimum absolute atomic E-state index is 0.0367. The third-order valence-corrected chi connectivity index (χ3v) is 3.84. The minimum atomic E-state index is -1.10. The maximum Gasteiger partial charge on any atom is 0.339 e. The molecule has 0 bridgehead atoms. The summed E-state index contributed by atoms with van der Waals surface area (Å²) in [6, 6.07) is 2.85. The molecule has 0 saturated carbocycles.